The van der Waals surface area contributed by atoms with Crippen LogP contribution in [0.3, 0.4) is 0 Å². The minimum atomic E-state index is 0.740. The summed E-state index contributed by atoms with van der Waals surface area (Å²) in [6, 6.07) is 18.3. The van der Waals surface area contributed by atoms with Gasteiger partial charge in [-0.15, -0.1) is 0 Å². The van der Waals surface area contributed by atoms with Crippen molar-refractivity contribution in [2.75, 3.05) is 11.9 Å². The van der Waals surface area contributed by atoms with Gasteiger partial charge in [0.1, 0.15) is 0 Å². The quantitative estimate of drug-likeness (QED) is 0.303. The molecule has 0 aliphatic rings. The van der Waals surface area contributed by atoms with Crippen molar-refractivity contribution in [1.29, 1.82) is 0 Å². The highest BCUT2D eigenvalue weighted by Gasteiger charge is 2.11. The predicted octanol–water partition coefficient (Wildman–Crippen LogP) is 6.62. The second kappa shape index (κ2) is 8.59. The molecule has 2 nitrogen and oxygen atoms in total. The van der Waals surface area contributed by atoms with Crippen LogP contribution in [0.1, 0.15) is 25.7 Å². The highest BCUT2D eigenvalue weighted by atomic mass is 79.9. The molecule has 0 N–H and O–H groups in total. The van der Waals surface area contributed by atoms with Crippen LogP contribution in [0.2, 0.25) is 5.02 Å². The molecule has 0 aliphatic heterocycles. The van der Waals surface area contributed by atoms with Crippen LogP contribution in [0, 0.1) is 0 Å². The molecule has 126 valence electrons. The van der Waals surface area contributed by atoms with E-state index < -0.39 is 0 Å². The van der Waals surface area contributed by atoms with Gasteiger partial charge < -0.3 is 4.74 Å². The number of rotatable bonds is 8. The van der Waals surface area contributed by atoms with Crippen LogP contribution in [0.25, 0.3) is 16.6 Å². The summed E-state index contributed by atoms with van der Waals surface area (Å²) in [4.78, 5) is 0. The molecule has 1 aromatic heterocycles. The fraction of sp³-hybridized carbons (Fsp3) is 0.300. The molecule has 3 aromatic rings. The van der Waals surface area contributed by atoms with E-state index in [1.807, 2.05) is 24.3 Å². The summed E-state index contributed by atoms with van der Waals surface area (Å²) in [6.45, 7) is 0.742. The number of benzene rings is 2. The Morgan fingerprint density at radius 1 is 0.917 bits per heavy atom. The lowest BCUT2D eigenvalue weighted by Crippen LogP contribution is -2.03. The Hall–Kier alpha value is -1.45. The molecule has 24 heavy (non-hydrogen) atoms. The van der Waals surface area contributed by atoms with Crippen LogP contribution in [-0.2, 0) is 0 Å². The van der Waals surface area contributed by atoms with Crippen molar-refractivity contribution in [3.63, 3.8) is 0 Å². The number of nitrogens with zero attached hydrogens (tertiary/aromatic N) is 1. The Morgan fingerprint density at radius 3 is 2.46 bits per heavy atom. The number of hydrogen-bond acceptors (Lipinski definition) is 1. The minimum Gasteiger partial charge on any atom is -0.479 e. The number of fused-ring (bicyclic) bond motifs is 1. The fourth-order valence-electron chi connectivity index (χ4n) is 2.82. The maximum Gasteiger partial charge on any atom is 0.199 e. The van der Waals surface area contributed by atoms with Crippen LogP contribution in [0.5, 0.6) is 5.88 Å². The highest BCUT2D eigenvalue weighted by molar-refractivity contribution is 9.09. The molecule has 0 fully saturated rings. The van der Waals surface area contributed by atoms with E-state index in [1.54, 1.807) is 0 Å². The average molecular weight is 407 g/mol. The first-order valence-electron chi connectivity index (χ1n) is 8.35. The lowest BCUT2D eigenvalue weighted by molar-refractivity contribution is 0.290. The number of ether oxygens (including phenoxy) is 1. The molecule has 1 heterocycles. The number of unbranched alkanes of at least 4 members (excludes halogenated alkanes) is 3. The molecule has 0 spiro atoms. The van der Waals surface area contributed by atoms with Crippen LogP contribution in [0.4, 0.5) is 0 Å². The number of aromatic nitrogens is 1. The predicted molar refractivity (Wildman–Crippen MR) is 106 cm³/mol. The molecule has 0 atom stereocenters. The maximum absolute atomic E-state index is 6.11. The Bertz CT molecular complexity index is 782. The molecule has 0 saturated carbocycles. The summed E-state index contributed by atoms with van der Waals surface area (Å²) in [5.41, 5.74) is 2.21. The van der Waals surface area contributed by atoms with Crippen molar-refractivity contribution in [3.8, 4) is 11.6 Å². The van der Waals surface area contributed by atoms with Gasteiger partial charge in [-0.3, -0.25) is 4.57 Å². The standard InChI is InChI=1S/C20H21BrClNO/c21-13-5-1-2-6-14-24-20-15-16-7-3-4-8-19(16)23(20)18-11-9-17(22)10-12-18/h3-4,7-12,15H,1-2,5-6,13-14H2. The molecular weight excluding hydrogens is 386 g/mol. The third-order valence-corrected chi connectivity index (χ3v) is 4.85. The number of hydrogen-bond donors (Lipinski definition) is 0. The first-order valence-corrected chi connectivity index (χ1v) is 9.85. The first-order chi connectivity index (χ1) is 11.8. The van der Waals surface area contributed by atoms with Crippen LogP contribution in [-0.4, -0.2) is 16.5 Å². The second-order valence-electron chi connectivity index (χ2n) is 5.80. The normalized spacial score (nSPS) is 11.1. The smallest absolute Gasteiger partial charge is 0.199 e. The van der Waals surface area contributed by atoms with Gasteiger partial charge in [-0.1, -0.05) is 58.6 Å². The van der Waals surface area contributed by atoms with Crippen LogP contribution < -0.4 is 4.74 Å². The zero-order valence-corrected chi connectivity index (χ0v) is 15.9. The van der Waals surface area contributed by atoms with E-state index in [4.69, 9.17) is 16.3 Å². The van der Waals surface area contributed by atoms with E-state index in [-0.39, 0.29) is 0 Å². The topological polar surface area (TPSA) is 14.2 Å². The van der Waals surface area contributed by atoms with Crippen LogP contribution in [0.15, 0.2) is 54.6 Å². The van der Waals surface area contributed by atoms with Gasteiger partial charge in [0.2, 0.25) is 0 Å². The molecule has 0 aliphatic carbocycles. The maximum atomic E-state index is 6.11. The van der Waals surface area contributed by atoms with E-state index in [1.165, 1.54) is 24.6 Å². The Labute approximate surface area is 156 Å². The lowest BCUT2D eigenvalue weighted by atomic mass is 10.2. The fourth-order valence-corrected chi connectivity index (χ4v) is 3.34. The van der Waals surface area contributed by atoms with Crippen molar-refractivity contribution in [2.45, 2.75) is 25.7 Å². The van der Waals surface area contributed by atoms with Gasteiger partial charge >= 0.3 is 0 Å². The second-order valence-corrected chi connectivity index (χ2v) is 7.03. The Kier molecular flexibility index (Phi) is 6.22. The molecular formula is C20H21BrClNO. The van der Waals surface area contributed by atoms with E-state index in [9.17, 15) is 0 Å². The van der Waals surface area contributed by atoms with E-state index in [0.717, 1.165) is 40.5 Å². The summed E-state index contributed by atoms with van der Waals surface area (Å²) in [7, 11) is 0. The summed E-state index contributed by atoms with van der Waals surface area (Å²) in [6.07, 6.45) is 4.75. The lowest BCUT2D eigenvalue weighted by Gasteiger charge is -2.12. The van der Waals surface area contributed by atoms with Crippen molar-refractivity contribution in [2.24, 2.45) is 0 Å². The van der Waals surface area contributed by atoms with Gasteiger partial charge in [0.25, 0.3) is 0 Å². The molecule has 0 bridgehead atoms. The molecule has 0 radical (unpaired) electrons. The van der Waals surface area contributed by atoms with Gasteiger partial charge in [-0.2, -0.15) is 0 Å². The largest absolute Gasteiger partial charge is 0.479 e. The molecule has 0 saturated heterocycles. The summed E-state index contributed by atoms with van der Waals surface area (Å²) < 4.78 is 8.26. The number of para-hydroxylation sites is 1. The van der Waals surface area contributed by atoms with Crippen molar-refractivity contribution >= 4 is 38.4 Å². The van der Waals surface area contributed by atoms with Gasteiger partial charge in [-0.05, 0) is 43.2 Å². The van der Waals surface area contributed by atoms with E-state index in [0.29, 0.717) is 0 Å². The van der Waals surface area contributed by atoms with Crippen molar-refractivity contribution < 1.29 is 4.74 Å². The minimum absolute atomic E-state index is 0.740. The zero-order chi connectivity index (χ0) is 16.8. The first kappa shape index (κ1) is 17.4. The summed E-state index contributed by atoms with van der Waals surface area (Å²) in [5, 5.41) is 3.00. The molecule has 0 unspecified atom stereocenters. The Morgan fingerprint density at radius 2 is 1.67 bits per heavy atom. The zero-order valence-electron chi connectivity index (χ0n) is 13.6. The van der Waals surface area contributed by atoms with Gasteiger partial charge in [0.05, 0.1) is 12.1 Å². The summed E-state index contributed by atoms with van der Waals surface area (Å²) in [5.74, 6) is 0.888. The summed E-state index contributed by atoms with van der Waals surface area (Å²) >= 11 is 9.50. The molecule has 2 aromatic carbocycles. The highest BCUT2D eigenvalue weighted by Crippen LogP contribution is 2.30. The molecule has 0 amide bonds. The van der Waals surface area contributed by atoms with Gasteiger partial charge in [-0.25, -0.2) is 0 Å². The van der Waals surface area contributed by atoms with Crippen LogP contribution >= 0.6 is 27.5 Å². The average Bonchev–Trinajstić information content (AvgIpc) is 2.97. The number of alkyl halides is 1. The van der Waals surface area contributed by atoms with Gasteiger partial charge in [0, 0.05) is 27.5 Å². The molecule has 3 rings (SSSR count). The monoisotopic (exact) mass is 405 g/mol. The third-order valence-electron chi connectivity index (χ3n) is 4.04. The van der Waals surface area contributed by atoms with Crippen molar-refractivity contribution in [3.05, 3.63) is 59.6 Å². The third kappa shape index (κ3) is 4.14. The number of halogens is 2. The van der Waals surface area contributed by atoms with E-state index in [2.05, 4.69) is 50.8 Å². The Balaban J connectivity index is 1.81. The van der Waals surface area contributed by atoms with Gasteiger partial charge in [0.15, 0.2) is 5.88 Å². The van der Waals surface area contributed by atoms with E-state index >= 15 is 0 Å². The SMILES string of the molecule is Clc1ccc(-n2c(OCCCCCCBr)cc3ccccc32)cc1. The van der Waals surface area contributed by atoms with Crippen molar-refractivity contribution in [1.82, 2.24) is 4.57 Å². The molecule has 4 heteroatoms.